The van der Waals surface area contributed by atoms with Gasteiger partial charge in [-0.2, -0.15) is 0 Å². The molecule has 0 unspecified atom stereocenters. The van der Waals surface area contributed by atoms with Gasteiger partial charge in [-0.3, -0.25) is 4.79 Å². The Labute approximate surface area is 109 Å². The minimum absolute atomic E-state index is 0.310. The van der Waals surface area contributed by atoms with E-state index in [4.69, 9.17) is 5.11 Å². The molecule has 1 aliphatic rings. The smallest absolute Gasteiger partial charge is 0.303 e. The van der Waals surface area contributed by atoms with Gasteiger partial charge in [0.15, 0.2) is 0 Å². The maximum absolute atomic E-state index is 11.0. The van der Waals surface area contributed by atoms with E-state index in [1.54, 1.807) is 0 Å². The molecule has 2 nitrogen and oxygen atoms in total. The molecule has 0 heterocycles. The summed E-state index contributed by atoms with van der Waals surface area (Å²) in [5.41, 5.74) is 1.27. The van der Waals surface area contributed by atoms with Crippen molar-refractivity contribution in [2.75, 3.05) is 0 Å². The summed E-state index contributed by atoms with van der Waals surface area (Å²) in [7, 11) is 0. The lowest BCUT2D eigenvalue weighted by Crippen LogP contribution is -2.23. The number of hydrogen-bond donors (Lipinski definition) is 1. The van der Waals surface area contributed by atoms with E-state index in [1.165, 1.54) is 37.7 Å². The van der Waals surface area contributed by atoms with E-state index in [1.807, 2.05) is 18.2 Å². The molecule has 0 aromatic heterocycles. The monoisotopic (exact) mass is 246 g/mol. The molecule has 1 fully saturated rings. The van der Waals surface area contributed by atoms with Crippen LogP contribution in [0.25, 0.3) is 0 Å². The van der Waals surface area contributed by atoms with Gasteiger partial charge in [0.25, 0.3) is 0 Å². The van der Waals surface area contributed by atoms with Crippen LogP contribution in [0.2, 0.25) is 0 Å². The topological polar surface area (TPSA) is 37.3 Å². The standard InChI is InChI=1S/C16H22O2/c17-16(18)12-15(14-9-5-2-6-10-14)11-13-7-3-1-4-8-13/h1,3-4,7-8,14-15H,2,5-6,9-12H2,(H,17,18)/t15-/m1/s1. The fraction of sp³-hybridized carbons (Fsp3) is 0.562. The SMILES string of the molecule is O=C(O)C[C@@H](Cc1ccccc1)C1CCCCC1. The van der Waals surface area contributed by atoms with Crippen molar-refractivity contribution in [1.82, 2.24) is 0 Å². The maximum atomic E-state index is 11.0. The van der Waals surface area contributed by atoms with Gasteiger partial charge in [0.05, 0.1) is 0 Å². The zero-order valence-corrected chi connectivity index (χ0v) is 10.8. The molecular formula is C16H22O2. The molecule has 1 aliphatic carbocycles. The highest BCUT2D eigenvalue weighted by Crippen LogP contribution is 2.33. The zero-order valence-electron chi connectivity index (χ0n) is 10.8. The third-order valence-corrected chi connectivity index (χ3v) is 4.09. The molecule has 1 aromatic rings. The summed E-state index contributed by atoms with van der Waals surface area (Å²) in [6.45, 7) is 0. The lowest BCUT2D eigenvalue weighted by atomic mass is 9.76. The van der Waals surface area contributed by atoms with Gasteiger partial charge in [-0.05, 0) is 23.8 Å². The minimum Gasteiger partial charge on any atom is -0.481 e. The molecule has 2 rings (SSSR count). The molecule has 98 valence electrons. The predicted octanol–water partition coefficient (Wildman–Crippen LogP) is 3.90. The van der Waals surface area contributed by atoms with Gasteiger partial charge in [-0.1, -0.05) is 62.4 Å². The van der Waals surface area contributed by atoms with E-state index >= 15 is 0 Å². The Balaban J connectivity index is 2.02. The van der Waals surface area contributed by atoms with Crippen molar-refractivity contribution >= 4 is 5.97 Å². The summed E-state index contributed by atoms with van der Waals surface area (Å²) in [6, 6.07) is 10.3. The summed E-state index contributed by atoms with van der Waals surface area (Å²) in [6.07, 6.45) is 7.53. The van der Waals surface area contributed by atoms with E-state index in [2.05, 4.69) is 12.1 Å². The first-order valence-electron chi connectivity index (χ1n) is 7.01. The van der Waals surface area contributed by atoms with Gasteiger partial charge in [0, 0.05) is 6.42 Å². The van der Waals surface area contributed by atoms with Crippen molar-refractivity contribution in [3.8, 4) is 0 Å². The number of aliphatic carboxylic acids is 1. The summed E-state index contributed by atoms with van der Waals surface area (Å²) in [4.78, 5) is 11.0. The Hall–Kier alpha value is -1.31. The Kier molecular flexibility index (Phi) is 4.80. The Morgan fingerprint density at radius 1 is 1.17 bits per heavy atom. The zero-order chi connectivity index (χ0) is 12.8. The molecule has 18 heavy (non-hydrogen) atoms. The van der Waals surface area contributed by atoms with E-state index in [0.29, 0.717) is 18.3 Å². The van der Waals surface area contributed by atoms with Crippen LogP contribution in [0.1, 0.15) is 44.1 Å². The molecule has 0 aliphatic heterocycles. The largest absolute Gasteiger partial charge is 0.481 e. The van der Waals surface area contributed by atoms with E-state index < -0.39 is 5.97 Å². The molecule has 0 amide bonds. The lowest BCUT2D eigenvalue weighted by molar-refractivity contribution is -0.138. The second-order valence-electron chi connectivity index (χ2n) is 5.45. The fourth-order valence-corrected chi connectivity index (χ4v) is 3.15. The van der Waals surface area contributed by atoms with Crippen molar-refractivity contribution in [2.24, 2.45) is 11.8 Å². The fourth-order valence-electron chi connectivity index (χ4n) is 3.15. The lowest BCUT2D eigenvalue weighted by Gasteiger charge is -2.29. The molecule has 0 radical (unpaired) electrons. The summed E-state index contributed by atoms with van der Waals surface area (Å²) in [5, 5.41) is 9.09. The Morgan fingerprint density at radius 2 is 1.83 bits per heavy atom. The maximum Gasteiger partial charge on any atom is 0.303 e. The van der Waals surface area contributed by atoms with Crippen molar-refractivity contribution < 1.29 is 9.90 Å². The number of hydrogen-bond acceptors (Lipinski definition) is 1. The van der Waals surface area contributed by atoms with Gasteiger partial charge in [-0.15, -0.1) is 0 Å². The van der Waals surface area contributed by atoms with E-state index in [-0.39, 0.29) is 0 Å². The molecule has 2 heteroatoms. The second-order valence-corrected chi connectivity index (χ2v) is 5.45. The average Bonchev–Trinajstić information content (AvgIpc) is 2.40. The van der Waals surface area contributed by atoms with Gasteiger partial charge in [-0.25, -0.2) is 0 Å². The molecule has 1 atom stereocenters. The molecular weight excluding hydrogens is 224 g/mol. The van der Waals surface area contributed by atoms with Crippen LogP contribution in [0.3, 0.4) is 0 Å². The third-order valence-electron chi connectivity index (χ3n) is 4.09. The van der Waals surface area contributed by atoms with E-state index in [0.717, 1.165) is 6.42 Å². The van der Waals surface area contributed by atoms with Crippen molar-refractivity contribution in [2.45, 2.75) is 44.9 Å². The number of carboxylic acids is 1. The highest BCUT2D eigenvalue weighted by atomic mass is 16.4. The van der Waals surface area contributed by atoms with Crippen LogP contribution < -0.4 is 0 Å². The Bertz CT molecular complexity index is 366. The molecule has 0 spiro atoms. The summed E-state index contributed by atoms with van der Waals surface area (Å²) in [5.74, 6) is 0.266. The molecule has 0 saturated heterocycles. The first-order valence-corrected chi connectivity index (χ1v) is 7.01. The predicted molar refractivity (Wildman–Crippen MR) is 72.5 cm³/mol. The van der Waals surface area contributed by atoms with Crippen LogP contribution in [0.4, 0.5) is 0 Å². The number of carbonyl (C=O) groups is 1. The van der Waals surface area contributed by atoms with Crippen LogP contribution in [-0.2, 0) is 11.2 Å². The number of benzene rings is 1. The summed E-state index contributed by atoms with van der Waals surface area (Å²) >= 11 is 0. The van der Waals surface area contributed by atoms with E-state index in [9.17, 15) is 4.79 Å². The Morgan fingerprint density at radius 3 is 2.44 bits per heavy atom. The number of rotatable bonds is 5. The third kappa shape index (κ3) is 3.86. The summed E-state index contributed by atoms with van der Waals surface area (Å²) < 4.78 is 0. The van der Waals surface area contributed by atoms with Gasteiger partial charge in [0.2, 0.25) is 0 Å². The van der Waals surface area contributed by atoms with Crippen LogP contribution in [0, 0.1) is 11.8 Å². The molecule has 1 N–H and O–H groups in total. The molecule has 0 bridgehead atoms. The highest BCUT2D eigenvalue weighted by molar-refractivity contribution is 5.67. The van der Waals surface area contributed by atoms with Gasteiger partial charge in [0.1, 0.15) is 0 Å². The van der Waals surface area contributed by atoms with Crippen LogP contribution in [-0.4, -0.2) is 11.1 Å². The second kappa shape index (κ2) is 6.58. The van der Waals surface area contributed by atoms with Gasteiger partial charge >= 0.3 is 5.97 Å². The first kappa shape index (κ1) is 13.1. The van der Waals surface area contributed by atoms with Crippen LogP contribution in [0.15, 0.2) is 30.3 Å². The van der Waals surface area contributed by atoms with Crippen LogP contribution >= 0.6 is 0 Å². The number of carboxylic acid groups (broad SMARTS) is 1. The van der Waals surface area contributed by atoms with Crippen LogP contribution in [0.5, 0.6) is 0 Å². The van der Waals surface area contributed by atoms with Crippen molar-refractivity contribution in [3.63, 3.8) is 0 Å². The average molecular weight is 246 g/mol. The van der Waals surface area contributed by atoms with Crippen molar-refractivity contribution in [3.05, 3.63) is 35.9 Å². The molecule has 1 saturated carbocycles. The normalized spacial score (nSPS) is 18.4. The van der Waals surface area contributed by atoms with Crippen molar-refractivity contribution in [1.29, 1.82) is 0 Å². The van der Waals surface area contributed by atoms with Gasteiger partial charge < -0.3 is 5.11 Å². The molecule has 1 aromatic carbocycles. The first-order chi connectivity index (χ1) is 8.75. The quantitative estimate of drug-likeness (QED) is 0.855. The highest BCUT2D eigenvalue weighted by Gasteiger charge is 2.25. The minimum atomic E-state index is -0.651.